The average molecular weight is 245 g/mol. The normalized spacial score (nSPS) is 26.2. The van der Waals surface area contributed by atoms with Crippen molar-refractivity contribution in [1.82, 2.24) is 4.90 Å². The first-order valence-electron chi connectivity index (χ1n) is 6.64. The highest BCUT2D eigenvalue weighted by Crippen LogP contribution is 2.38. The number of nitrogen functional groups attached to an aromatic ring is 1. The third-order valence-electron chi connectivity index (χ3n) is 4.31. The van der Waals surface area contributed by atoms with E-state index in [0.29, 0.717) is 0 Å². The van der Waals surface area contributed by atoms with E-state index >= 15 is 0 Å². The fourth-order valence-electron chi connectivity index (χ4n) is 3.29. The SMILES string of the molecule is NNc1ccc(C(=O)N2CC3CCCC3C2)cc1. The van der Waals surface area contributed by atoms with E-state index in [-0.39, 0.29) is 5.91 Å². The Kier molecular flexibility index (Phi) is 2.96. The van der Waals surface area contributed by atoms with E-state index in [0.717, 1.165) is 36.2 Å². The summed E-state index contributed by atoms with van der Waals surface area (Å²) in [4.78, 5) is 14.4. The number of nitrogens with one attached hydrogen (secondary N) is 1. The van der Waals surface area contributed by atoms with Crippen LogP contribution in [0.1, 0.15) is 29.6 Å². The molecule has 1 saturated heterocycles. The molecule has 0 aromatic heterocycles. The Morgan fingerprint density at radius 2 is 1.78 bits per heavy atom. The summed E-state index contributed by atoms with van der Waals surface area (Å²) in [6.07, 6.45) is 3.93. The number of hydrogen-bond acceptors (Lipinski definition) is 3. The van der Waals surface area contributed by atoms with Gasteiger partial charge in [-0.3, -0.25) is 10.6 Å². The zero-order chi connectivity index (χ0) is 12.5. The smallest absolute Gasteiger partial charge is 0.253 e. The highest BCUT2D eigenvalue weighted by Gasteiger charge is 2.38. The van der Waals surface area contributed by atoms with Gasteiger partial charge in [0.05, 0.1) is 0 Å². The van der Waals surface area contributed by atoms with Gasteiger partial charge in [0.15, 0.2) is 0 Å². The van der Waals surface area contributed by atoms with Crippen molar-refractivity contribution in [3.63, 3.8) is 0 Å². The third kappa shape index (κ3) is 1.97. The quantitative estimate of drug-likeness (QED) is 0.617. The molecule has 1 heterocycles. The predicted molar refractivity (Wildman–Crippen MR) is 71.0 cm³/mol. The summed E-state index contributed by atoms with van der Waals surface area (Å²) < 4.78 is 0. The predicted octanol–water partition coefficient (Wildman–Crippen LogP) is 1.84. The molecule has 1 aromatic carbocycles. The van der Waals surface area contributed by atoms with Gasteiger partial charge in [-0.05, 0) is 48.9 Å². The number of rotatable bonds is 2. The minimum atomic E-state index is 0.160. The van der Waals surface area contributed by atoms with E-state index in [1.165, 1.54) is 19.3 Å². The second-order valence-corrected chi connectivity index (χ2v) is 5.38. The molecule has 4 nitrogen and oxygen atoms in total. The molecule has 2 unspecified atom stereocenters. The van der Waals surface area contributed by atoms with Crippen LogP contribution in [0, 0.1) is 11.8 Å². The molecule has 1 aliphatic carbocycles. The molecule has 1 amide bonds. The Labute approximate surface area is 107 Å². The molecule has 1 saturated carbocycles. The third-order valence-corrected chi connectivity index (χ3v) is 4.31. The fraction of sp³-hybridized carbons (Fsp3) is 0.500. The van der Waals surface area contributed by atoms with Gasteiger partial charge in [0.1, 0.15) is 0 Å². The fourth-order valence-corrected chi connectivity index (χ4v) is 3.29. The van der Waals surface area contributed by atoms with Crippen LogP contribution in [0.25, 0.3) is 0 Å². The summed E-state index contributed by atoms with van der Waals surface area (Å²) >= 11 is 0. The molecule has 0 bridgehead atoms. The lowest BCUT2D eigenvalue weighted by Gasteiger charge is -2.17. The van der Waals surface area contributed by atoms with Gasteiger partial charge in [-0.15, -0.1) is 0 Å². The first kappa shape index (κ1) is 11.5. The van der Waals surface area contributed by atoms with Gasteiger partial charge >= 0.3 is 0 Å². The van der Waals surface area contributed by atoms with Gasteiger partial charge in [0.2, 0.25) is 0 Å². The summed E-state index contributed by atoms with van der Waals surface area (Å²) in [6, 6.07) is 7.35. The zero-order valence-corrected chi connectivity index (χ0v) is 10.4. The minimum absolute atomic E-state index is 0.160. The monoisotopic (exact) mass is 245 g/mol. The molecule has 0 radical (unpaired) electrons. The van der Waals surface area contributed by atoms with Crippen molar-refractivity contribution >= 4 is 11.6 Å². The molecule has 1 aliphatic heterocycles. The highest BCUT2D eigenvalue weighted by atomic mass is 16.2. The molecule has 0 spiro atoms. The number of benzene rings is 1. The first-order valence-corrected chi connectivity index (χ1v) is 6.64. The molecule has 4 heteroatoms. The standard InChI is InChI=1S/C14H19N3O/c15-16-13-6-4-10(5-7-13)14(18)17-8-11-2-1-3-12(11)9-17/h4-7,11-12,16H,1-3,8-9,15H2. The van der Waals surface area contributed by atoms with Crippen molar-refractivity contribution in [1.29, 1.82) is 0 Å². The summed E-state index contributed by atoms with van der Waals surface area (Å²) in [5.41, 5.74) is 4.15. The Hall–Kier alpha value is -1.55. The second-order valence-electron chi connectivity index (χ2n) is 5.38. The maximum absolute atomic E-state index is 12.4. The van der Waals surface area contributed by atoms with Crippen molar-refractivity contribution in [3.8, 4) is 0 Å². The number of hydrazine groups is 1. The van der Waals surface area contributed by atoms with E-state index in [2.05, 4.69) is 5.43 Å². The lowest BCUT2D eigenvalue weighted by atomic mass is 10.0. The number of anilines is 1. The molecule has 2 aliphatic rings. The molecular weight excluding hydrogens is 226 g/mol. The number of likely N-dealkylation sites (tertiary alicyclic amines) is 1. The van der Waals surface area contributed by atoms with Crippen molar-refractivity contribution in [3.05, 3.63) is 29.8 Å². The molecule has 1 aromatic rings. The van der Waals surface area contributed by atoms with Crippen LogP contribution in [0.2, 0.25) is 0 Å². The number of carbonyl (C=O) groups is 1. The van der Waals surface area contributed by atoms with Gasteiger partial charge in [0, 0.05) is 24.3 Å². The Morgan fingerprint density at radius 1 is 1.17 bits per heavy atom. The maximum atomic E-state index is 12.4. The zero-order valence-electron chi connectivity index (χ0n) is 10.4. The number of nitrogens with zero attached hydrogens (tertiary/aromatic N) is 1. The van der Waals surface area contributed by atoms with Gasteiger partial charge in [0.25, 0.3) is 5.91 Å². The van der Waals surface area contributed by atoms with Crippen molar-refractivity contribution in [2.45, 2.75) is 19.3 Å². The van der Waals surface area contributed by atoms with E-state index in [4.69, 9.17) is 5.84 Å². The van der Waals surface area contributed by atoms with Crippen LogP contribution in [0.15, 0.2) is 24.3 Å². The van der Waals surface area contributed by atoms with Crippen LogP contribution in [-0.2, 0) is 0 Å². The molecule has 3 rings (SSSR count). The lowest BCUT2D eigenvalue weighted by molar-refractivity contribution is 0.0780. The summed E-state index contributed by atoms with van der Waals surface area (Å²) in [5.74, 6) is 6.97. The average Bonchev–Trinajstić information content (AvgIpc) is 2.99. The lowest BCUT2D eigenvalue weighted by Crippen LogP contribution is -2.29. The molecule has 18 heavy (non-hydrogen) atoms. The van der Waals surface area contributed by atoms with Crippen LogP contribution < -0.4 is 11.3 Å². The van der Waals surface area contributed by atoms with E-state index in [1.807, 2.05) is 29.2 Å². The van der Waals surface area contributed by atoms with Crippen LogP contribution in [0.5, 0.6) is 0 Å². The van der Waals surface area contributed by atoms with Crippen molar-refractivity contribution in [2.24, 2.45) is 17.7 Å². The van der Waals surface area contributed by atoms with E-state index in [9.17, 15) is 4.79 Å². The maximum Gasteiger partial charge on any atom is 0.253 e. The van der Waals surface area contributed by atoms with Gasteiger partial charge in [-0.25, -0.2) is 0 Å². The van der Waals surface area contributed by atoms with Crippen LogP contribution >= 0.6 is 0 Å². The second kappa shape index (κ2) is 4.61. The molecule has 2 atom stereocenters. The van der Waals surface area contributed by atoms with Crippen LogP contribution in [0.3, 0.4) is 0 Å². The molecule has 2 fully saturated rings. The number of amides is 1. The highest BCUT2D eigenvalue weighted by molar-refractivity contribution is 5.94. The molecule has 3 N–H and O–H groups in total. The largest absolute Gasteiger partial charge is 0.338 e. The minimum Gasteiger partial charge on any atom is -0.338 e. The van der Waals surface area contributed by atoms with Gasteiger partial charge in [-0.1, -0.05) is 6.42 Å². The Bertz CT molecular complexity index is 431. The van der Waals surface area contributed by atoms with Gasteiger partial charge in [-0.2, -0.15) is 0 Å². The molecular formula is C14H19N3O. The van der Waals surface area contributed by atoms with Crippen LogP contribution in [0.4, 0.5) is 5.69 Å². The van der Waals surface area contributed by atoms with Crippen molar-refractivity contribution < 1.29 is 4.79 Å². The summed E-state index contributed by atoms with van der Waals surface area (Å²) in [6.45, 7) is 1.89. The number of hydrogen-bond donors (Lipinski definition) is 2. The van der Waals surface area contributed by atoms with Crippen LogP contribution in [-0.4, -0.2) is 23.9 Å². The van der Waals surface area contributed by atoms with Gasteiger partial charge < -0.3 is 10.3 Å². The number of fused-ring (bicyclic) bond motifs is 1. The summed E-state index contributed by atoms with van der Waals surface area (Å²) in [7, 11) is 0. The Morgan fingerprint density at radius 3 is 2.33 bits per heavy atom. The molecule has 96 valence electrons. The van der Waals surface area contributed by atoms with Crippen molar-refractivity contribution in [2.75, 3.05) is 18.5 Å². The summed E-state index contributed by atoms with van der Waals surface area (Å²) in [5, 5.41) is 0. The first-order chi connectivity index (χ1) is 8.78. The Balaban J connectivity index is 1.70. The number of carbonyl (C=O) groups excluding carboxylic acids is 1. The van der Waals surface area contributed by atoms with E-state index < -0.39 is 0 Å². The topological polar surface area (TPSA) is 58.4 Å². The van der Waals surface area contributed by atoms with E-state index in [1.54, 1.807) is 0 Å². The number of nitrogens with two attached hydrogens (primary N) is 1.